The molecule has 5 heteroatoms. The Bertz CT molecular complexity index is 386. The maximum Gasteiger partial charge on any atom is 0.207 e. The zero-order valence-corrected chi connectivity index (χ0v) is 8.33. The zero-order valence-electron chi connectivity index (χ0n) is 7.51. The Morgan fingerprint density at radius 3 is 2.43 bits per heavy atom. The standard InChI is InChI=1S/C9H11NO3S/c11-7-10-8-14(12,13)6-9-4-2-1-3-5-9/h1-5,7H,6,8H2,(H,10,11). The quantitative estimate of drug-likeness (QED) is 0.716. The van der Waals surface area contributed by atoms with Crippen LogP contribution in [0.1, 0.15) is 5.56 Å². The second kappa shape index (κ2) is 4.76. The van der Waals surface area contributed by atoms with Crippen molar-refractivity contribution in [2.45, 2.75) is 5.75 Å². The van der Waals surface area contributed by atoms with Gasteiger partial charge in [0.25, 0.3) is 0 Å². The second-order valence-electron chi connectivity index (χ2n) is 2.84. The van der Waals surface area contributed by atoms with E-state index in [1.165, 1.54) is 0 Å². The number of carbonyl (C=O) groups is 1. The van der Waals surface area contributed by atoms with Gasteiger partial charge >= 0.3 is 0 Å². The van der Waals surface area contributed by atoms with Crippen LogP contribution in [-0.2, 0) is 20.4 Å². The molecule has 1 rings (SSSR count). The Morgan fingerprint density at radius 2 is 1.86 bits per heavy atom. The molecular weight excluding hydrogens is 202 g/mol. The summed E-state index contributed by atoms with van der Waals surface area (Å²) < 4.78 is 22.7. The van der Waals surface area contributed by atoms with Crippen molar-refractivity contribution in [2.75, 3.05) is 5.88 Å². The van der Waals surface area contributed by atoms with Crippen LogP contribution in [0.4, 0.5) is 0 Å². The van der Waals surface area contributed by atoms with E-state index in [-0.39, 0.29) is 11.6 Å². The van der Waals surface area contributed by atoms with E-state index in [4.69, 9.17) is 0 Å². The third-order valence-corrected chi connectivity index (χ3v) is 3.00. The van der Waals surface area contributed by atoms with Crippen molar-refractivity contribution in [2.24, 2.45) is 0 Å². The van der Waals surface area contributed by atoms with Crippen LogP contribution in [0.2, 0.25) is 0 Å². The minimum atomic E-state index is -3.24. The summed E-state index contributed by atoms with van der Waals surface area (Å²) in [6, 6.07) is 8.84. The molecule has 0 unspecified atom stereocenters. The minimum Gasteiger partial charge on any atom is -0.345 e. The van der Waals surface area contributed by atoms with E-state index >= 15 is 0 Å². The van der Waals surface area contributed by atoms with Crippen molar-refractivity contribution >= 4 is 16.2 Å². The molecule has 0 spiro atoms. The Morgan fingerprint density at radius 1 is 1.21 bits per heavy atom. The van der Waals surface area contributed by atoms with E-state index in [0.29, 0.717) is 6.41 Å². The average molecular weight is 213 g/mol. The summed E-state index contributed by atoms with van der Waals surface area (Å²) in [6.07, 6.45) is 0.378. The molecule has 0 heterocycles. The lowest BCUT2D eigenvalue weighted by Gasteiger charge is -2.02. The van der Waals surface area contributed by atoms with Crippen molar-refractivity contribution in [3.05, 3.63) is 35.9 Å². The Kier molecular flexibility index (Phi) is 3.64. The average Bonchev–Trinajstić information content (AvgIpc) is 2.16. The number of hydrogen-bond donors (Lipinski definition) is 1. The first kappa shape index (κ1) is 10.7. The van der Waals surface area contributed by atoms with Crippen LogP contribution in [0.3, 0.4) is 0 Å². The maximum atomic E-state index is 11.3. The van der Waals surface area contributed by atoms with E-state index in [0.717, 1.165) is 5.56 Å². The Hall–Kier alpha value is -1.36. The molecule has 1 aromatic rings. The van der Waals surface area contributed by atoms with Crippen molar-refractivity contribution in [1.29, 1.82) is 0 Å². The number of amides is 1. The SMILES string of the molecule is O=CNCS(=O)(=O)Cc1ccccc1. The summed E-state index contributed by atoms with van der Waals surface area (Å²) in [7, 11) is -3.24. The van der Waals surface area contributed by atoms with E-state index < -0.39 is 9.84 Å². The van der Waals surface area contributed by atoms with Crippen molar-refractivity contribution in [3.8, 4) is 0 Å². The van der Waals surface area contributed by atoms with Gasteiger partial charge in [-0.1, -0.05) is 30.3 Å². The molecule has 14 heavy (non-hydrogen) atoms. The highest BCUT2D eigenvalue weighted by Gasteiger charge is 2.10. The highest BCUT2D eigenvalue weighted by molar-refractivity contribution is 7.90. The maximum absolute atomic E-state index is 11.3. The summed E-state index contributed by atoms with van der Waals surface area (Å²) in [5, 5.41) is 2.14. The molecule has 0 atom stereocenters. The molecule has 0 saturated carbocycles. The molecule has 1 N–H and O–H groups in total. The van der Waals surface area contributed by atoms with Crippen molar-refractivity contribution in [1.82, 2.24) is 5.32 Å². The van der Waals surface area contributed by atoms with E-state index in [1.807, 2.05) is 6.07 Å². The van der Waals surface area contributed by atoms with Gasteiger partial charge in [0.2, 0.25) is 6.41 Å². The van der Waals surface area contributed by atoms with Crippen LogP contribution < -0.4 is 5.32 Å². The topological polar surface area (TPSA) is 63.2 Å². The molecule has 0 saturated heterocycles. The number of nitrogens with one attached hydrogen (secondary N) is 1. The van der Waals surface area contributed by atoms with Crippen LogP contribution in [0.15, 0.2) is 30.3 Å². The van der Waals surface area contributed by atoms with Gasteiger partial charge in [0, 0.05) is 0 Å². The van der Waals surface area contributed by atoms with Gasteiger partial charge in [-0.05, 0) is 5.56 Å². The number of benzene rings is 1. The first-order valence-electron chi connectivity index (χ1n) is 4.05. The monoisotopic (exact) mass is 213 g/mol. The smallest absolute Gasteiger partial charge is 0.207 e. The van der Waals surface area contributed by atoms with Gasteiger partial charge in [0.05, 0.1) is 5.75 Å². The predicted molar refractivity (Wildman–Crippen MR) is 53.1 cm³/mol. The third-order valence-electron chi connectivity index (χ3n) is 1.62. The van der Waals surface area contributed by atoms with Gasteiger partial charge < -0.3 is 5.32 Å². The lowest BCUT2D eigenvalue weighted by atomic mass is 10.2. The molecule has 76 valence electrons. The van der Waals surface area contributed by atoms with Gasteiger partial charge in [-0.25, -0.2) is 8.42 Å². The summed E-state index contributed by atoms with van der Waals surface area (Å²) in [5.74, 6) is -0.361. The molecule has 0 aliphatic carbocycles. The van der Waals surface area contributed by atoms with Crippen LogP contribution in [-0.4, -0.2) is 20.7 Å². The van der Waals surface area contributed by atoms with Crippen LogP contribution in [0.5, 0.6) is 0 Å². The largest absolute Gasteiger partial charge is 0.345 e. The fourth-order valence-electron chi connectivity index (χ4n) is 1.04. The number of rotatable bonds is 5. The van der Waals surface area contributed by atoms with Gasteiger partial charge in [-0.3, -0.25) is 4.79 Å². The summed E-state index contributed by atoms with van der Waals surface area (Å²) >= 11 is 0. The fraction of sp³-hybridized carbons (Fsp3) is 0.222. The van der Waals surface area contributed by atoms with Crippen molar-refractivity contribution in [3.63, 3.8) is 0 Å². The number of sulfone groups is 1. The molecule has 0 radical (unpaired) electrons. The molecule has 0 bridgehead atoms. The van der Waals surface area contributed by atoms with E-state index in [9.17, 15) is 13.2 Å². The second-order valence-corrected chi connectivity index (χ2v) is 4.90. The first-order chi connectivity index (χ1) is 6.64. The Labute approximate surface area is 82.9 Å². The summed E-state index contributed by atoms with van der Waals surface area (Å²) in [4.78, 5) is 9.93. The molecule has 0 aliphatic rings. The number of hydrogen-bond acceptors (Lipinski definition) is 3. The molecule has 1 aromatic carbocycles. The van der Waals surface area contributed by atoms with Gasteiger partial charge in [0.1, 0.15) is 5.88 Å². The van der Waals surface area contributed by atoms with Crippen LogP contribution >= 0.6 is 0 Å². The molecule has 0 aliphatic heterocycles. The molecule has 0 aromatic heterocycles. The van der Waals surface area contributed by atoms with Crippen LogP contribution in [0.25, 0.3) is 0 Å². The fourth-order valence-corrected chi connectivity index (χ4v) is 2.16. The van der Waals surface area contributed by atoms with Gasteiger partial charge in [-0.15, -0.1) is 0 Å². The van der Waals surface area contributed by atoms with Gasteiger partial charge in [0.15, 0.2) is 9.84 Å². The third kappa shape index (κ3) is 3.57. The molecule has 1 amide bonds. The van der Waals surface area contributed by atoms with E-state index in [1.54, 1.807) is 24.3 Å². The van der Waals surface area contributed by atoms with Crippen LogP contribution in [0, 0.1) is 0 Å². The van der Waals surface area contributed by atoms with E-state index in [2.05, 4.69) is 5.32 Å². The zero-order chi connectivity index (χ0) is 10.4. The summed E-state index contributed by atoms with van der Waals surface area (Å²) in [6.45, 7) is 0. The minimum absolute atomic E-state index is 0.0469. The summed E-state index contributed by atoms with van der Waals surface area (Å²) in [5.41, 5.74) is 0.722. The number of carbonyl (C=O) groups excluding carboxylic acids is 1. The highest BCUT2D eigenvalue weighted by atomic mass is 32.2. The lowest BCUT2D eigenvalue weighted by Crippen LogP contribution is -2.22. The normalized spacial score (nSPS) is 10.9. The predicted octanol–water partition coefficient (Wildman–Crippen LogP) is 0.305. The highest BCUT2D eigenvalue weighted by Crippen LogP contribution is 2.04. The van der Waals surface area contributed by atoms with Crippen molar-refractivity contribution < 1.29 is 13.2 Å². The molecule has 0 fully saturated rings. The Balaban J connectivity index is 2.64. The van der Waals surface area contributed by atoms with Gasteiger partial charge in [-0.2, -0.15) is 0 Å². The molecule has 4 nitrogen and oxygen atoms in total. The lowest BCUT2D eigenvalue weighted by molar-refractivity contribution is -0.109. The first-order valence-corrected chi connectivity index (χ1v) is 5.87. The molecular formula is C9H11NO3S.